The van der Waals surface area contributed by atoms with Gasteiger partial charge < -0.3 is 10.2 Å². The summed E-state index contributed by atoms with van der Waals surface area (Å²) in [6.07, 6.45) is 7.52. The first kappa shape index (κ1) is 15.1. The Morgan fingerprint density at radius 1 is 1.37 bits per heavy atom. The molecule has 0 bridgehead atoms. The molecule has 2 heteroatoms. The Hall–Kier alpha value is -0.340. The fourth-order valence-corrected chi connectivity index (χ4v) is 4.22. The van der Waals surface area contributed by atoms with Crippen molar-refractivity contribution in [2.75, 3.05) is 6.61 Å². The van der Waals surface area contributed by atoms with Crippen LogP contribution in [0.3, 0.4) is 0 Å². The van der Waals surface area contributed by atoms with E-state index in [2.05, 4.69) is 13.8 Å². The molecule has 3 unspecified atom stereocenters. The van der Waals surface area contributed by atoms with Crippen molar-refractivity contribution in [1.29, 1.82) is 0 Å². The predicted octanol–water partition coefficient (Wildman–Crippen LogP) is 3.67. The van der Waals surface area contributed by atoms with Gasteiger partial charge in [0.1, 0.15) is 0 Å². The average Bonchev–Trinajstić information content (AvgIpc) is 2.77. The Kier molecular flexibility index (Phi) is 4.73. The van der Waals surface area contributed by atoms with Gasteiger partial charge in [-0.15, -0.1) is 0 Å². The molecule has 2 N–H and O–H groups in total. The zero-order valence-electron chi connectivity index (χ0n) is 12.8. The molecule has 0 amide bonds. The molecule has 2 aliphatic rings. The van der Waals surface area contributed by atoms with Crippen molar-refractivity contribution in [3.05, 3.63) is 11.1 Å². The first-order valence-electron chi connectivity index (χ1n) is 8.01. The van der Waals surface area contributed by atoms with Gasteiger partial charge in [-0.05, 0) is 57.3 Å². The first-order valence-corrected chi connectivity index (χ1v) is 8.01. The Morgan fingerprint density at radius 3 is 2.68 bits per heavy atom. The van der Waals surface area contributed by atoms with Gasteiger partial charge in [-0.25, -0.2) is 0 Å². The van der Waals surface area contributed by atoms with Gasteiger partial charge in [0.15, 0.2) is 0 Å². The van der Waals surface area contributed by atoms with Crippen LogP contribution in [0.25, 0.3) is 0 Å². The highest BCUT2D eigenvalue weighted by atomic mass is 16.3. The predicted molar refractivity (Wildman–Crippen MR) is 78.9 cm³/mol. The smallest absolute Gasteiger partial charge is 0.0512 e. The number of allylic oxidation sites excluding steroid dienone is 2. The van der Waals surface area contributed by atoms with Crippen molar-refractivity contribution in [3.63, 3.8) is 0 Å². The highest BCUT2D eigenvalue weighted by Crippen LogP contribution is 2.53. The van der Waals surface area contributed by atoms with E-state index in [-0.39, 0.29) is 18.1 Å². The third kappa shape index (κ3) is 3.05. The Bertz CT molecular complexity index is 345. The molecule has 0 fully saturated rings. The maximum Gasteiger partial charge on any atom is 0.0512 e. The summed E-state index contributed by atoms with van der Waals surface area (Å²) in [5, 5.41) is 19.4. The van der Waals surface area contributed by atoms with Gasteiger partial charge in [0.05, 0.1) is 6.10 Å². The summed E-state index contributed by atoms with van der Waals surface area (Å²) >= 11 is 0. The topological polar surface area (TPSA) is 40.5 Å². The summed E-state index contributed by atoms with van der Waals surface area (Å²) < 4.78 is 0. The SMILES string of the molecule is CCC1CCC2=C(C[C@](CO)(CCC(C)O)C2)C1C. The lowest BCUT2D eigenvalue weighted by atomic mass is 9.75. The molecule has 0 saturated carbocycles. The Morgan fingerprint density at radius 2 is 2.11 bits per heavy atom. The van der Waals surface area contributed by atoms with Gasteiger partial charge in [-0.3, -0.25) is 0 Å². The summed E-state index contributed by atoms with van der Waals surface area (Å²) in [5.41, 5.74) is 3.33. The van der Waals surface area contributed by atoms with E-state index >= 15 is 0 Å². The van der Waals surface area contributed by atoms with Crippen LogP contribution in [0.2, 0.25) is 0 Å². The van der Waals surface area contributed by atoms with Crippen LogP contribution in [0.5, 0.6) is 0 Å². The van der Waals surface area contributed by atoms with Gasteiger partial charge in [0, 0.05) is 12.0 Å². The second-order valence-corrected chi connectivity index (χ2v) is 7.02. The molecule has 110 valence electrons. The van der Waals surface area contributed by atoms with Crippen LogP contribution in [0.15, 0.2) is 11.1 Å². The van der Waals surface area contributed by atoms with E-state index in [9.17, 15) is 10.2 Å². The van der Waals surface area contributed by atoms with Gasteiger partial charge in [0.25, 0.3) is 0 Å². The summed E-state index contributed by atoms with van der Waals surface area (Å²) in [6.45, 7) is 6.80. The number of hydrogen-bond acceptors (Lipinski definition) is 2. The van der Waals surface area contributed by atoms with E-state index in [0.29, 0.717) is 5.92 Å². The second kappa shape index (κ2) is 5.97. The van der Waals surface area contributed by atoms with Crippen molar-refractivity contribution in [2.24, 2.45) is 17.3 Å². The van der Waals surface area contributed by atoms with Crippen molar-refractivity contribution in [2.45, 2.75) is 71.8 Å². The molecule has 19 heavy (non-hydrogen) atoms. The Labute approximate surface area is 117 Å². The van der Waals surface area contributed by atoms with Crippen molar-refractivity contribution >= 4 is 0 Å². The average molecular weight is 266 g/mol. The van der Waals surface area contributed by atoms with E-state index in [0.717, 1.165) is 31.6 Å². The van der Waals surface area contributed by atoms with Crippen LogP contribution in [-0.4, -0.2) is 22.9 Å². The molecule has 2 aliphatic carbocycles. The fourth-order valence-electron chi connectivity index (χ4n) is 4.22. The van der Waals surface area contributed by atoms with Crippen molar-refractivity contribution in [3.8, 4) is 0 Å². The quantitative estimate of drug-likeness (QED) is 0.745. The molecule has 0 spiro atoms. The summed E-state index contributed by atoms with van der Waals surface area (Å²) in [6, 6.07) is 0. The minimum atomic E-state index is -0.248. The van der Waals surface area contributed by atoms with Crippen LogP contribution in [0.1, 0.15) is 65.7 Å². The maximum atomic E-state index is 9.88. The fraction of sp³-hybridized carbons (Fsp3) is 0.882. The first-order chi connectivity index (χ1) is 9.01. The van der Waals surface area contributed by atoms with Gasteiger partial charge in [-0.2, -0.15) is 0 Å². The van der Waals surface area contributed by atoms with Crippen molar-refractivity contribution < 1.29 is 10.2 Å². The minimum absolute atomic E-state index is 0.0402. The third-order valence-corrected chi connectivity index (χ3v) is 5.63. The second-order valence-electron chi connectivity index (χ2n) is 7.02. The minimum Gasteiger partial charge on any atom is -0.396 e. The standard InChI is InChI=1S/C17H30O2/c1-4-14-5-6-15-9-17(11-18,8-7-12(2)19)10-16(15)13(14)3/h12-14,18-19H,4-11H2,1-3H3/t12?,13?,14?,17-/m0/s1. The molecule has 2 nitrogen and oxygen atoms in total. The number of hydrogen-bond donors (Lipinski definition) is 2. The lowest BCUT2D eigenvalue weighted by molar-refractivity contribution is 0.0944. The van der Waals surface area contributed by atoms with E-state index in [1.807, 2.05) is 6.92 Å². The van der Waals surface area contributed by atoms with Crippen LogP contribution < -0.4 is 0 Å². The summed E-state index contributed by atoms with van der Waals surface area (Å²) in [4.78, 5) is 0. The zero-order chi connectivity index (χ0) is 14.0. The highest BCUT2D eigenvalue weighted by molar-refractivity contribution is 5.29. The van der Waals surface area contributed by atoms with Crippen molar-refractivity contribution in [1.82, 2.24) is 0 Å². The van der Waals surface area contributed by atoms with Gasteiger partial charge >= 0.3 is 0 Å². The molecular formula is C17H30O2. The van der Waals surface area contributed by atoms with E-state index in [4.69, 9.17) is 0 Å². The van der Waals surface area contributed by atoms with E-state index in [1.165, 1.54) is 19.3 Å². The number of aliphatic hydroxyl groups is 2. The number of rotatable bonds is 5. The molecular weight excluding hydrogens is 236 g/mol. The summed E-state index contributed by atoms with van der Waals surface area (Å²) in [5.74, 6) is 1.54. The largest absolute Gasteiger partial charge is 0.396 e. The van der Waals surface area contributed by atoms with Crippen LogP contribution >= 0.6 is 0 Å². The lowest BCUT2D eigenvalue weighted by Gasteiger charge is -2.31. The molecule has 4 atom stereocenters. The molecule has 0 radical (unpaired) electrons. The monoisotopic (exact) mass is 266 g/mol. The van der Waals surface area contributed by atoms with Crippen LogP contribution in [-0.2, 0) is 0 Å². The normalized spacial score (nSPS) is 36.5. The molecule has 0 aromatic rings. The molecule has 0 aliphatic heterocycles. The molecule has 0 aromatic carbocycles. The summed E-state index contributed by atoms with van der Waals surface area (Å²) in [7, 11) is 0. The highest BCUT2D eigenvalue weighted by Gasteiger charge is 2.42. The third-order valence-electron chi connectivity index (χ3n) is 5.63. The van der Waals surface area contributed by atoms with Gasteiger partial charge in [0.2, 0.25) is 0 Å². The van der Waals surface area contributed by atoms with E-state index in [1.54, 1.807) is 11.1 Å². The zero-order valence-corrected chi connectivity index (χ0v) is 12.8. The molecule has 0 aromatic heterocycles. The van der Waals surface area contributed by atoms with Gasteiger partial charge in [-0.1, -0.05) is 31.4 Å². The number of aliphatic hydroxyl groups excluding tert-OH is 2. The van der Waals surface area contributed by atoms with Crippen LogP contribution in [0, 0.1) is 17.3 Å². The molecule has 0 saturated heterocycles. The maximum absolute atomic E-state index is 9.88. The molecule has 2 rings (SSSR count). The Balaban J connectivity index is 2.07. The lowest BCUT2D eigenvalue weighted by Crippen LogP contribution is -2.25. The van der Waals surface area contributed by atoms with E-state index < -0.39 is 0 Å². The molecule has 0 heterocycles. The van der Waals surface area contributed by atoms with Crippen LogP contribution in [0.4, 0.5) is 0 Å².